The van der Waals surface area contributed by atoms with E-state index in [0.29, 0.717) is 15.7 Å². The minimum atomic E-state index is -0.399. The fourth-order valence-corrected chi connectivity index (χ4v) is 4.62. The van der Waals surface area contributed by atoms with Crippen LogP contribution in [0, 0.1) is 6.92 Å². The number of esters is 1. The van der Waals surface area contributed by atoms with E-state index in [-0.39, 0.29) is 6.04 Å². The van der Waals surface area contributed by atoms with Crippen LogP contribution >= 0.6 is 23.6 Å². The van der Waals surface area contributed by atoms with Gasteiger partial charge in [-0.1, -0.05) is 42.5 Å². The average molecular weight is 441 g/mol. The van der Waals surface area contributed by atoms with Crippen LogP contribution in [0.5, 0.6) is 5.75 Å². The quantitative estimate of drug-likeness (QED) is 0.386. The molecule has 156 valence electrons. The maximum Gasteiger partial charge on any atom is 0.341 e. The molecule has 0 aliphatic rings. The highest BCUT2D eigenvalue weighted by molar-refractivity contribution is 7.80. The predicted octanol–water partition coefficient (Wildman–Crippen LogP) is 5.57. The van der Waals surface area contributed by atoms with Crippen molar-refractivity contribution in [1.29, 1.82) is 0 Å². The van der Waals surface area contributed by atoms with Gasteiger partial charge in [0.25, 0.3) is 0 Å². The molecule has 0 amide bonds. The van der Waals surface area contributed by atoms with E-state index in [9.17, 15) is 4.79 Å². The fourth-order valence-electron chi connectivity index (χ4n) is 3.21. The summed E-state index contributed by atoms with van der Waals surface area (Å²) in [5.41, 5.74) is 3.35. The molecule has 0 radical (unpaired) electrons. The van der Waals surface area contributed by atoms with Crippen LogP contribution in [0.2, 0.25) is 0 Å². The predicted molar refractivity (Wildman–Crippen MR) is 127 cm³/mol. The number of rotatable bonds is 6. The van der Waals surface area contributed by atoms with Crippen molar-refractivity contribution in [2.24, 2.45) is 0 Å². The van der Waals surface area contributed by atoms with Gasteiger partial charge in [0.05, 0.1) is 20.3 Å². The summed E-state index contributed by atoms with van der Waals surface area (Å²) in [4.78, 5) is 13.6. The third kappa shape index (κ3) is 4.80. The molecule has 7 heteroatoms. The molecular weight excluding hydrogens is 416 g/mol. The average Bonchev–Trinajstić information content (AvgIpc) is 3.08. The van der Waals surface area contributed by atoms with Crippen LogP contribution in [0.15, 0.2) is 54.6 Å². The van der Waals surface area contributed by atoms with Gasteiger partial charge in [0, 0.05) is 10.4 Å². The van der Waals surface area contributed by atoms with Gasteiger partial charge in [-0.05, 0) is 49.3 Å². The van der Waals surface area contributed by atoms with Crippen LogP contribution in [-0.2, 0) is 4.74 Å². The molecule has 0 aliphatic carbocycles. The summed E-state index contributed by atoms with van der Waals surface area (Å²) in [7, 11) is 3.02. The molecule has 0 fully saturated rings. The number of hydrogen-bond donors (Lipinski definition) is 2. The minimum absolute atomic E-state index is 0.0451. The minimum Gasteiger partial charge on any atom is -0.497 e. The van der Waals surface area contributed by atoms with Gasteiger partial charge in [0.1, 0.15) is 16.3 Å². The Labute approximate surface area is 186 Å². The maximum atomic E-state index is 12.6. The van der Waals surface area contributed by atoms with Gasteiger partial charge in [-0.2, -0.15) is 0 Å². The first-order valence-corrected chi connectivity index (χ1v) is 10.7. The van der Waals surface area contributed by atoms with Crippen molar-refractivity contribution in [2.75, 3.05) is 19.5 Å². The highest BCUT2D eigenvalue weighted by Crippen LogP contribution is 2.40. The summed E-state index contributed by atoms with van der Waals surface area (Å²) >= 11 is 7.00. The molecule has 5 nitrogen and oxygen atoms in total. The molecule has 0 spiro atoms. The van der Waals surface area contributed by atoms with E-state index in [1.165, 1.54) is 18.4 Å². The van der Waals surface area contributed by atoms with E-state index >= 15 is 0 Å². The fraction of sp³-hybridized carbons (Fsp3) is 0.217. The first-order chi connectivity index (χ1) is 14.4. The van der Waals surface area contributed by atoms with Crippen LogP contribution in [0.4, 0.5) is 5.00 Å². The zero-order valence-electron chi connectivity index (χ0n) is 17.3. The number of methoxy groups -OCH3 is 2. The number of thiophene rings is 1. The standard InChI is InChI=1S/C23H24N2O3S2/c1-14(17-11-8-12-18(13-17)27-3)24-23(29)25-21-20(22(26)28-4)19(15(2)30-21)16-9-6-5-7-10-16/h5-14H,1-4H3,(H2,24,25,29). The van der Waals surface area contributed by atoms with Crippen molar-refractivity contribution in [1.82, 2.24) is 5.32 Å². The van der Waals surface area contributed by atoms with Crippen LogP contribution in [-0.4, -0.2) is 25.3 Å². The topological polar surface area (TPSA) is 59.6 Å². The molecule has 0 saturated heterocycles. The number of anilines is 1. The van der Waals surface area contributed by atoms with Gasteiger partial charge in [0.2, 0.25) is 0 Å². The van der Waals surface area contributed by atoms with Crippen LogP contribution in [0.1, 0.15) is 33.8 Å². The molecular formula is C23H24N2O3S2. The van der Waals surface area contributed by atoms with Crippen molar-refractivity contribution >= 4 is 39.6 Å². The molecule has 1 atom stereocenters. The SMILES string of the molecule is COC(=O)c1c(NC(=S)NC(C)c2cccc(OC)c2)sc(C)c1-c1ccccc1. The number of ether oxygens (including phenoxy) is 2. The molecule has 3 aromatic rings. The highest BCUT2D eigenvalue weighted by Gasteiger charge is 2.24. The van der Waals surface area contributed by atoms with Gasteiger partial charge in [-0.15, -0.1) is 11.3 Å². The van der Waals surface area contributed by atoms with E-state index in [1.54, 1.807) is 7.11 Å². The Hall–Kier alpha value is -2.90. The van der Waals surface area contributed by atoms with E-state index in [1.807, 2.05) is 68.4 Å². The van der Waals surface area contributed by atoms with E-state index in [4.69, 9.17) is 21.7 Å². The van der Waals surface area contributed by atoms with Crippen molar-refractivity contribution in [2.45, 2.75) is 19.9 Å². The molecule has 1 unspecified atom stereocenters. The van der Waals surface area contributed by atoms with Crippen molar-refractivity contribution in [3.8, 4) is 16.9 Å². The molecule has 0 bridgehead atoms. The first-order valence-electron chi connectivity index (χ1n) is 9.43. The van der Waals surface area contributed by atoms with Crippen LogP contribution in [0.3, 0.4) is 0 Å². The Morgan fingerprint density at radius 3 is 2.50 bits per heavy atom. The number of carbonyl (C=O) groups is 1. The molecule has 2 aromatic carbocycles. The Morgan fingerprint density at radius 1 is 1.10 bits per heavy atom. The van der Waals surface area contributed by atoms with Crippen molar-refractivity contribution in [3.05, 3.63) is 70.6 Å². The van der Waals surface area contributed by atoms with Crippen LogP contribution < -0.4 is 15.4 Å². The summed E-state index contributed by atoms with van der Waals surface area (Å²) in [6.07, 6.45) is 0. The normalized spacial score (nSPS) is 11.5. The smallest absolute Gasteiger partial charge is 0.341 e. The lowest BCUT2D eigenvalue weighted by Crippen LogP contribution is -2.31. The number of thiocarbonyl (C=S) groups is 1. The van der Waals surface area contributed by atoms with Gasteiger partial charge in [-0.3, -0.25) is 0 Å². The Balaban J connectivity index is 1.85. The molecule has 1 aromatic heterocycles. The number of benzene rings is 2. The molecule has 30 heavy (non-hydrogen) atoms. The summed E-state index contributed by atoms with van der Waals surface area (Å²) < 4.78 is 10.4. The number of hydrogen-bond acceptors (Lipinski definition) is 5. The number of carbonyl (C=O) groups excluding carboxylic acids is 1. The second kappa shape index (κ2) is 9.73. The zero-order chi connectivity index (χ0) is 21.7. The van der Waals surface area contributed by atoms with Crippen LogP contribution in [0.25, 0.3) is 11.1 Å². The number of aryl methyl sites for hydroxylation is 1. The molecule has 0 saturated carbocycles. The third-order valence-corrected chi connectivity index (χ3v) is 5.95. The number of nitrogens with one attached hydrogen (secondary N) is 2. The first kappa shape index (κ1) is 21.8. The van der Waals surface area contributed by atoms with Crippen molar-refractivity contribution in [3.63, 3.8) is 0 Å². The maximum absolute atomic E-state index is 12.6. The molecule has 2 N–H and O–H groups in total. The monoisotopic (exact) mass is 440 g/mol. The Morgan fingerprint density at radius 2 is 1.83 bits per heavy atom. The van der Waals surface area contributed by atoms with Gasteiger partial charge in [0.15, 0.2) is 5.11 Å². The lowest BCUT2D eigenvalue weighted by Gasteiger charge is -2.18. The highest BCUT2D eigenvalue weighted by atomic mass is 32.1. The van der Waals surface area contributed by atoms with Crippen molar-refractivity contribution < 1.29 is 14.3 Å². The second-order valence-electron chi connectivity index (χ2n) is 6.69. The van der Waals surface area contributed by atoms with E-state index in [0.717, 1.165) is 27.3 Å². The Kier molecular flexibility index (Phi) is 7.07. The molecule has 0 aliphatic heterocycles. The Bertz CT molecular complexity index is 1050. The van der Waals surface area contributed by atoms with Gasteiger partial charge < -0.3 is 20.1 Å². The lowest BCUT2D eigenvalue weighted by atomic mass is 10.0. The summed E-state index contributed by atoms with van der Waals surface area (Å²) in [5.74, 6) is 0.388. The van der Waals surface area contributed by atoms with Gasteiger partial charge >= 0.3 is 5.97 Å². The third-order valence-electron chi connectivity index (χ3n) is 4.70. The lowest BCUT2D eigenvalue weighted by molar-refractivity contribution is 0.0603. The van der Waals surface area contributed by atoms with Gasteiger partial charge in [-0.25, -0.2) is 4.79 Å². The summed E-state index contributed by atoms with van der Waals surface area (Å²) in [6.45, 7) is 4.00. The largest absolute Gasteiger partial charge is 0.497 e. The summed E-state index contributed by atoms with van der Waals surface area (Å²) in [5, 5.41) is 7.55. The summed E-state index contributed by atoms with van der Waals surface area (Å²) in [6, 6.07) is 17.6. The molecule has 3 rings (SSSR count). The molecule has 1 heterocycles. The second-order valence-corrected chi connectivity index (χ2v) is 8.32. The van der Waals surface area contributed by atoms with E-state index in [2.05, 4.69) is 10.6 Å². The van der Waals surface area contributed by atoms with E-state index < -0.39 is 5.97 Å². The zero-order valence-corrected chi connectivity index (χ0v) is 18.9.